The van der Waals surface area contributed by atoms with E-state index in [1.165, 1.54) is 13.0 Å². The monoisotopic (exact) mass is 283 g/mol. The van der Waals surface area contributed by atoms with Crippen LogP contribution in [0.15, 0.2) is 18.2 Å². The molecule has 0 bridgehead atoms. The van der Waals surface area contributed by atoms with Gasteiger partial charge in [-0.2, -0.15) is 0 Å². The number of halogens is 1. The molecule has 20 heavy (non-hydrogen) atoms. The van der Waals surface area contributed by atoms with Gasteiger partial charge in [-0.1, -0.05) is 0 Å². The van der Waals surface area contributed by atoms with Gasteiger partial charge in [0, 0.05) is 11.6 Å². The average Bonchev–Trinajstić information content (AvgIpc) is 2.25. The van der Waals surface area contributed by atoms with Crippen LogP contribution in [0.2, 0.25) is 0 Å². The lowest BCUT2D eigenvalue weighted by molar-refractivity contribution is -0.128. The van der Waals surface area contributed by atoms with Crippen molar-refractivity contribution in [3.8, 4) is 5.75 Å². The maximum atomic E-state index is 13.3. The van der Waals surface area contributed by atoms with Crippen molar-refractivity contribution in [3.05, 3.63) is 29.6 Å². The number of ether oxygens (including phenoxy) is 1. The molecule has 0 aliphatic carbocycles. The van der Waals surface area contributed by atoms with Crippen molar-refractivity contribution in [2.45, 2.75) is 39.3 Å². The van der Waals surface area contributed by atoms with E-state index in [-0.39, 0.29) is 17.2 Å². The Balaban J connectivity index is 2.83. The number of benzene rings is 1. The Morgan fingerprint density at radius 1 is 1.30 bits per heavy atom. The molecule has 110 valence electrons. The zero-order valence-corrected chi connectivity index (χ0v) is 11.9. The number of carbonyl (C=O) groups excluding carboxylic acids is 1. The molecule has 1 rings (SSSR count). The van der Waals surface area contributed by atoms with Crippen LogP contribution in [0.3, 0.4) is 0 Å². The normalized spacial score (nSPS) is 12.7. The van der Waals surface area contributed by atoms with Gasteiger partial charge in [0.2, 0.25) is 0 Å². The summed E-state index contributed by atoms with van der Waals surface area (Å²) in [4.78, 5) is 22.6. The molecular formula is C14H18FNO4. The van der Waals surface area contributed by atoms with Crippen LogP contribution in [0.5, 0.6) is 5.75 Å². The van der Waals surface area contributed by atoms with Gasteiger partial charge in [0.1, 0.15) is 11.6 Å². The number of hydrogen-bond donors (Lipinski definition) is 2. The van der Waals surface area contributed by atoms with Crippen molar-refractivity contribution in [2.75, 3.05) is 0 Å². The first-order chi connectivity index (χ1) is 9.08. The molecular weight excluding hydrogens is 265 g/mol. The molecule has 2 N–H and O–H groups in total. The molecule has 5 nitrogen and oxygen atoms in total. The summed E-state index contributed by atoms with van der Waals surface area (Å²) in [6.07, 6.45) is -0.863. The van der Waals surface area contributed by atoms with Crippen molar-refractivity contribution in [1.29, 1.82) is 0 Å². The van der Waals surface area contributed by atoms with E-state index in [1.807, 2.05) is 20.8 Å². The van der Waals surface area contributed by atoms with Gasteiger partial charge in [0.15, 0.2) is 6.10 Å². The maximum absolute atomic E-state index is 13.3. The predicted octanol–water partition coefficient (Wildman–Crippen LogP) is 2.21. The summed E-state index contributed by atoms with van der Waals surface area (Å²) in [5.74, 6) is -2.36. The molecule has 0 fully saturated rings. The van der Waals surface area contributed by atoms with Gasteiger partial charge < -0.3 is 15.2 Å². The Morgan fingerprint density at radius 2 is 1.90 bits per heavy atom. The lowest BCUT2D eigenvalue weighted by atomic mass is 10.1. The van der Waals surface area contributed by atoms with Crippen LogP contribution >= 0.6 is 0 Å². The van der Waals surface area contributed by atoms with E-state index in [0.29, 0.717) is 0 Å². The number of rotatable bonds is 4. The molecule has 0 aliphatic rings. The van der Waals surface area contributed by atoms with Crippen molar-refractivity contribution in [1.82, 2.24) is 5.32 Å². The van der Waals surface area contributed by atoms with Gasteiger partial charge in [-0.25, -0.2) is 9.18 Å². The first-order valence-corrected chi connectivity index (χ1v) is 6.11. The summed E-state index contributed by atoms with van der Waals surface area (Å²) in [7, 11) is 0. The van der Waals surface area contributed by atoms with Gasteiger partial charge in [-0.15, -0.1) is 0 Å². The molecule has 6 heteroatoms. The second-order valence-corrected chi connectivity index (χ2v) is 5.48. The summed E-state index contributed by atoms with van der Waals surface area (Å²) in [5, 5.41) is 11.5. The third-order valence-corrected chi connectivity index (χ3v) is 2.30. The van der Waals surface area contributed by atoms with Gasteiger partial charge in [0.25, 0.3) is 5.91 Å². The van der Waals surface area contributed by atoms with Crippen LogP contribution in [0.25, 0.3) is 0 Å². The van der Waals surface area contributed by atoms with E-state index in [9.17, 15) is 14.0 Å². The summed E-state index contributed by atoms with van der Waals surface area (Å²) < 4.78 is 18.5. The topological polar surface area (TPSA) is 75.6 Å². The fourth-order valence-electron chi connectivity index (χ4n) is 1.48. The average molecular weight is 283 g/mol. The standard InChI is InChI=1S/C14H18FNO4/c1-8(12(17)16-14(2,3)4)20-11-6-9(13(18)19)5-10(15)7-11/h5-8H,1-4H3,(H,16,17)(H,18,19). The summed E-state index contributed by atoms with van der Waals surface area (Å²) in [6.45, 7) is 6.97. The lowest BCUT2D eigenvalue weighted by Gasteiger charge is -2.23. The van der Waals surface area contributed by atoms with Crippen molar-refractivity contribution < 1.29 is 23.8 Å². The summed E-state index contributed by atoms with van der Waals surface area (Å²) in [6, 6.07) is 3.09. The third kappa shape index (κ3) is 4.87. The fourth-order valence-corrected chi connectivity index (χ4v) is 1.48. The fraction of sp³-hybridized carbons (Fsp3) is 0.429. The minimum atomic E-state index is -1.26. The Hall–Kier alpha value is -2.11. The number of carboxylic acids is 1. The lowest BCUT2D eigenvalue weighted by Crippen LogP contribution is -2.46. The first-order valence-electron chi connectivity index (χ1n) is 6.11. The minimum Gasteiger partial charge on any atom is -0.481 e. The Kier molecular flexibility index (Phi) is 4.70. The van der Waals surface area contributed by atoms with Crippen LogP contribution < -0.4 is 10.1 Å². The number of hydrogen-bond acceptors (Lipinski definition) is 3. The molecule has 0 heterocycles. The summed E-state index contributed by atoms with van der Waals surface area (Å²) in [5.41, 5.74) is -0.647. The number of aromatic carboxylic acids is 1. The minimum absolute atomic E-state index is 0.000964. The Bertz CT molecular complexity index is 522. The molecule has 0 radical (unpaired) electrons. The van der Waals surface area contributed by atoms with Crippen LogP contribution in [0.4, 0.5) is 4.39 Å². The Morgan fingerprint density at radius 3 is 2.40 bits per heavy atom. The van der Waals surface area contributed by atoms with Gasteiger partial charge >= 0.3 is 5.97 Å². The van der Waals surface area contributed by atoms with Gasteiger partial charge in [-0.05, 0) is 39.8 Å². The van der Waals surface area contributed by atoms with E-state index in [0.717, 1.165) is 12.1 Å². The molecule has 0 saturated carbocycles. The van der Waals surface area contributed by atoms with E-state index in [4.69, 9.17) is 9.84 Å². The zero-order valence-electron chi connectivity index (χ0n) is 11.9. The van der Waals surface area contributed by atoms with Crippen LogP contribution in [-0.4, -0.2) is 28.6 Å². The second-order valence-electron chi connectivity index (χ2n) is 5.48. The maximum Gasteiger partial charge on any atom is 0.335 e. The van der Waals surface area contributed by atoms with E-state index < -0.39 is 23.4 Å². The second kappa shape index (κ2) is 5.90. The van der Waals surface area contributed by atoms with Gasteiger partial charge in [-0.3, -0.25) is 4.79 Å². The predicted molar refractivity (Wildman–Crippen MR) is 71.3 cm³/mol. The van der Waals surface area contributed by atoms with Crippen molar-refractivity contribution in [2.24, 2.45) is 0 Å². The highest BCUT2D eigenvalue weighted by Crippen LogP contribution is 2.18. The largest absolute Gasteiger partial charge is 0.481 e. The molecule has 0 aromatic heterocycles. The van der Waals surface area contributed by atoms with Crippen molar-refractivity contribution in [3.63, 3.8) is 0 Å². The highest BCUT2D eigenvalue weighted by atomic mass is 19.1. The molecule has 1 atom stereocenters. The van der Waals surface area contributed by atoms with E-state index in [1.54, 1.807) is 0 Å². The molecule has 1 aromatic carbocycles. The number of carboxylic acid groups (broad SMARTS) is 1. The summed E-state index contributed by atoms with van der Waals surface area (Å²) >= 11 is 0. The number of amides is 1. The first kappa shape index (κ1) is 15.9. The van der Waals surface area contributed by atoms with E-state index >= 15 is 0 Å². The molecule has 0 aliphatic heterocycles. The van der Waals surface area contributed by atoms with Crippen LogP contribution in [0.1, 0.15) is 38.1 Å². The zero-order chi connectivity index (χ0) is 15.5. The molecule has 1 unspecified atom stereocenters. The SMILES string of the molecule is CC(Oc1cc(F)cc(C(=O)O)c1)C(=O)NC(C)(C)C. The quantitative estimate of drug-likeness (QED) is 0.888. The molecule has 0 saturated heterocycles. The number of nitrogens with one attached hydrogen (secondary N) is 1. The highest BCUT2D eigenvalue weighted by Gasteiger charge is 2.21. The van der Waals surface area contributed by atoms with Crippen LogP contribution in [0, 0.1) is 5.82 Å². The van der Waals surface area contributed by atoms with Crippen LogP contribution in [-0.2, 0) is 4.79 Å². The van der Waals surface area contributed by atoms with Crippen molar-refractivity contribution >= 4 is 11.9 Å². The van der Waals surface area contributed by atoms with Gasteiger partial charge in [0.05, 0.1) is 5.56 Å². The third-order valence-electron chi connectivity index (χ3n) is 2.30. The molecule has 1 aromatic rings. The number of carbonyl (C=O) groups is 2. The highest BCUT2D eigenvalue weighted by molar-refractivity contribution is 5.88. The smallest absolute Gasteiger partial charge is 0.335 e. The van der Waals surface area contributed by atoms with E-state index in [2.05, 4.69) is 5.32 Å². The molecule has 0 spiro atoms. The Labute approximate surface area is 116 Å². The molecule has 1 amide bonds.